The lowest BCUT2D eigenvalue weighted by molar-refractivity contribution is -0.113. The summed E-state index contributed by atoms with van der Waals surface area (Å²) in [6.45, 7) is 3.97. The molecule has 1 aliphatic rings. The molecule has 0 saturated heterocycles. The van der Waals surface area contributed by atoms with Crippen LogP contribution in [0.4, 0.5) is 5.69 Å². The first-order valence-electron chi connectivity index (χ1n) is 8.21. The van der Waals surface area contributed by atoms with Crippen LogP contribution in [0.1, 0.15) is 19.4 Å². The van der Waals surface area contributed by atoms with Gasteiger partial charge in [0.05, 0.1) is 11.0 Å². The van der Waals surface area contributed by atoms with E-state index in [0.717, 1.165) is 17.0 Å². The van der Waals surface area contributed by atoms with Gasteiger partial charge in [0.25, 0.3) is 5.91 Å². The zero-order valence-corrected chi connectivity index (χ0v) is 16.3. The number of halogens is 1. The fourth-order valence-electron chi connectivity index (χ4n) is 2.38. The van der Waals surface area contributed by atoms with Gasteiger partial charge in [-0.1, -0.05) is 23.7 Å². The topological polar surface area (TPSA) is 41.9 Å². The molecule has 0 atom stereocenters. The minimum atomic E-state index is -0.228. The van der Waals surface area contributed by atoms with Crippen molar-refractivity contribution in [3.63, 3.8) is 0 Å². The van der Waals surface area contributed by atoms with Gasteiger partial charge in [0, 0.05) is 17.8 Å². The van der Waals surface area contributed by atoms with E-state index in [2.05, 4.69) is 4.99 Å². The van der Waals surface area contributed by atoms with Crippen LogP contribution in [0.2, 0.25) is 5.02 Å². The van der Waals surface area contributed by atoms with Crippen molar-refractivity contribution in [2.75, 3.05) is 11.9 Å². The number of nitrogens with zero attached hydrogens (tertiary/aromatic N) is 2. The molecule has 26 heavy (non-hydrogen) atoms. The Hall–Kier alpha value is -2.24. The van der Waals surface area contributed by atoms with E-state index in [9.17, 15) is 4.79 Å². The first-order valence-corrected chi connectivity index (χ1v) is 9.40. The maximum Gasteiger partial charge on any atom is 0.286 e. The molecule has 0 spiro atoms. The smallest absolute Gasteiger partial charge is 0.286 e. The highest BCUT2D eigenvalue weighted by Crippen LogP contribution is 2.32. The third-order valence-corrected chi connectivity index (χ3v) is 4.97. The van der Waals surface area contributed by atoms with Crippen LogP contribution >= 0.6 is 23.4 Å². The first-order chi connectivity index (χ1) is 12.4. The van der Waals surface area contributed by atoms with Gasteiger partial charge in [-0.2, -0.15) is 4.99 Å². The summed E-state index contributed by atoms with van der Waals surface area (Å²) < 4.78 is 5.63. The first kappa shape index (κ1) is 18.5. The molecular weight excluding hydrogens is 368 g/mol. The van der Waals surface area contributed by atoms with Crippen molar-refractivity contribution in [3.8, 4) is 5.75 Å². The highest BCUT2D eigenvalue weighted by Gasteiger charge is 2.25. The molecule has 0 aliphatic carbocycles. The second-order valence-corrected chi connectivity index (χ2v) is 7.53. The summed E-state index contributed by atoms with van der Waals surface area (Å²) in [6, 6.07) is 15.1. The lowest BCUT2D eigenvalue weighted by atomic mass is 10.2. The van der Waals surface area contributed by atoms with Gasteiger partial charge in [-0.25, -0.2) is 0 Å². The molecule has 4 nitrogen and oxygen atoms in total. The van der Waals surface area contributed by atoms with E-state index in [0.29, 0.717) is 15.1 Å². The summed E-state index contributed by atoms with van der Waals surface area (Å²) in [5.74, 6) is 0.584. The van der Waals surface area contributed by atoms with Gasteiger partial charge in [-0.05, 0) is 73.6 Å². The molecule has 0 radical (unpaired) electrons. The predicted octanol–water partition coefficient (Wildman–Crippen LogP) is 5.23. The standard InChI is InChI=1S/C20H19ClN2O2S/c1-13(2)25-17-10-4-14(5-11-17)12-18-19(24)22-20(26-18)23(3)16-8-6-15(21)7-9-16/h4-13H,1-3H3/b18-12-. The molecule has 6 heteroatoms. The van der Waals surface area contributed by atoms with E-state index in [4.69, 9.17) is 16.3 Å². The van der Waals surface area contributed by atoms with Crippen LogP contribution in [-0.2, 0) is 4.79 Å². The molecule has 0 fully saturated rings. The average Bonchev–Trinajstić information content (AvgIpc) is 2.97. The van der Waals surface area contributed by atoms with Gasteiger partial charge in [0.2, 0.25) is 0 Å². The molecule has 1 aliphatic heterocycles. The Labute approximate surface area is 162 Å². The minimum Gasteiger partial charge on any atom is -0.491 e. The largest absolute Gasteiger partial charge is 0.491 e. The predicted molar refractivity (Wildman–Crippen MR) is 110 cm³/mol. The Balaban J connectivity index is 1.72. The van der Waals surface area contributed by atoms with Crippen LogP contribution in [0.15, 0.2) is 58.4 Å². The maximum atomic E-state index is 12.2. The number of rotatable bonds is 4. The summed E-state index contributed by atoms with van der Waals surface area (Å²) in [4.78, 5) is 18.9. The van der Waals surface area contributed by atoms with E-state index < -0.39 is 0 Å². The van der Waals surface area contributed by atoms with E-state index >= 15 is 0 Å². The molecule has 0 N–H and O–H groups in total. The number of carbonyl (C=O) groups is 1. The van der Waals surface area contributed by atoms with Crippen LogP contribution in [0.5, 0.6) is 5.75 Å². The van der Waals surface area contributed by atoms with Crippen LogP contribution in [-0.4, -0.2) is 24.2 Å². The zero-order valence-electron chi connectivity index (χ0n) is 14.8. The molecule has 2 aromatic carbocycles. The molecule has 0 bridgehead atoms. The van der Waals surface area contributed by atoms with Crippen molar-refractivity contribution in [1.82, 2.24) is 0 Å². The number of carbonyl (C=O) groups excluding carboxylic acids is 1. The Bertz CT molecular complexity index is 858. The summed E-state index contributed by atoms with van der Waals surface area (Å²) in [6.07, 6.45) is 1.98. The summed E-state index contributed by atoms with van der Waals surface area (Å²) in [5.41, 5.74) is 1.85. The van der Waals surface area contributed by atoms with Crippen molar-refractivity contribution in [2.24, 2.45) is 4.99 Å². The number of anilines is 1. The quantitative estimate of drug-likeness (QED) is 0.674. The van der Waals surface area contributed by atoms with Crippen LogP contribution in [0, 0.1) is 0 Å². The van der Waals surface area contributed by atoms with Crippen LogP contribution < -0.4 is 9.64 Å². The van der Waals surface area contributed by atoms with E-state index in [1.807, 2.05) is 80.4 Å². The van der Waals surface area contributed by atoms with Crippen molar-refractivity contribution >= 4 is 46.2 Å². The van der Waals surface area contributed by atoms with Crippen LogP contribution in [0.3, 0.4) is 0 Å². The number of amidine groups is 1. The third-order valence-electron chi connectivity index (χ3n) is 3.66. The van der Waals surface area contributed by atoms with Crippen molar-refractivity contribution in [2.45, 2.75) is 20.0 Å². The number of hydrogen-bond acceptors (Lipinski definition) is 4. The number of ether oxygens (including phenoxy) is 1. The summed E-state index contributed by atoms with van der Waals surface area (Å²) in [7, 11) is 1.88. The maximum absolute atomic E-state index is 12.2. The molecule has 0 saturated carbocycles. The minimum absolute atomic E-state index is 0.130. The molecule has 2 aromatic rings. The lowest BCUT2D eigenvalue weighted by Crippen LogP contribution is -2.21. The second kappa shape index (κ2) is 7.98. The summed E-state index contributed by atoms with van der Waals surface area (Å²) >= 11 is 7.28. The van der Waals surface area contributed by atoms with Crippen molar-refractivity contribution in [3.05, 3.63) is 64.0 Å². The fourth-order valence-corrected chi connectivity index (χ4v) is 3.40. The number of aliphatic imine (C=N–C) groups is 1. The normalized spacial score (nSPS) is 15.5. The number of thioether (sulfide) groups is 1. The van der Waals surface area contributed by atoms with E-state index in [1.165, 1.54) is 11.8 Å². The zero-order chi connectivity index (χ0) is 18.7. The monoisotopic (exact) mass is 386 g/mol. The van der Waals surface area contributed by atoms with Gasteiger partial charge in [-0.3, -0.25) is 4.79 Å². The molecule has 0 unspecified atom stereocenters. The highest BCUT2D eigenvalue weighted by atomic mass is 35.5. The molecule has 1 heterocycles. The van der Waals surface area contributed by atoms with Gasteiger partial charge >= 0.3 is 0 Å². The highest BCUT2D eigenvalue weighted by molar-refractivity contribution is 8.18. The van der Waals surface area contributed by atoms with Crippen molar-refractivity contribution < 1.29 is 9.53 Å². The lowest BCUT2D eigenvalue weighted by Gasteiger charge is -2.17. The van der Waals surface area contributed by atoms with Crippen molar-refractivity contribution in [1.29, 1.82) is 0 Å². The second-order valence-electron chi connectivity index (χ2n) is 6.08. The van der Waals surface area contributed by atoms with E-state index in [1.54, 1.807) is 0 Å². The third kappa shape index (κ3) is 4.48. The SMILES string of the molecule is CC(C)Oc1ccc(/C=C2\SC(N(C)c3ccc(Cl)cc3)=NC2=O)cc1. The van der Waals surface area contributed by atoms with E-state index in [-0.39, 0.29) is 12.0 Å². The number of amides is 1. The summed E-state index contributed by atoms with van der Waals surface area (Å²) in [5, 5.41) is 1.31. The van der Waals surface area contributed by atoms with Gasteiger partial charge in [0.15, 0.2) is 5.17 Å². The average molecular weight is 387 g/mol. The van der Waals surface area contributed by atoms with Gasteiger partial charge in [0.1, 0.15) is 5.75 Å². The molecular formula is C20H19ClN2O2S. The molecule has 134 valence electrons. The molecule has 1 amide bonds. The molecule has 3 rings (SSSR count). The van der Waals surface area contributed by atoms with Crippen LogP contribution in [0.25, 0.3) is 6.08 Å². The number of benzene rings is 2. The van der Waals surface area contributed by atoms with Gasteiger partial charge < -0.3 is 9.64 Å². The fraction of sp³-hybridized carbons (Fsp3) is 0.200. The Morgan fingerprint density at radius 1 is 1.12 bits per heavy atom. The molecule has 0 aromatic heterocycles. The van der Waals surface area contributed by atoms with Gasteiger partial charge in [-0.15, -0.1) is 0 Å². The Morgan fingerprint density at radius 3 is 2.38 bits per heavy atom. The Kier molecular flexibility index (Phi) is 5.69. The number of hydrogen-bond donors (Lipinski definition) is 0. The Morgan fingerprint density at radius 2 is 1.77 bits per heavy atom.